The minimum atomic E-state index is -0.549. The quantitative estimate of drug-likeness (QED) is 0.602. The number of rotatable bonds is 6. The van der Waals surface area contributed by atoms with Crippen LogP contribution in [0, 0.1) is 0 Å². The Bertz CT molecular complexity index is 1090. The first kappa shape index (κ1) is 19.4. The number of esters is 1. The number of anilines is 1. The Hall–Kier alpha value is -3.94. The summed E-state index contributed by atoms with van der Waals surface area (Å²) in [6.07, 6.45) is -0.400. The molecule has 1 aromatic heterocycles. The molecule has 2 aromatic carbocycles. The number of para-hydroxylation sites is 1. The van der Waals surface area contributed by atoms with Gasteiger partial charge in [0.15, 0.2) is 11.5 Å². The topological polar surface area (TPSA) is 99.0 Å². The normalized spacial score (nSPS) is 14.9. The molecule has 0 unspecified atom stereocenters. The zero-order valence-corrected chi connectivity index (χ0v) is 16.4. The fraction of sp³-hybridized carbons (Fsp3) is 0.182. The van der Waals surface area contributed by atoms with Crippen molar-refractivity contribution in [1.29, 1.82) is 0 Å². The summed E-state index contributed by atoms with van der Waals surface area (Å²) in [5.41, 5.74) is 2.18. The van der Waals surface area contributed by atoms with Crippen molar-refractivity contribution in [2.45, 2.75) is 12.8 Å². The van der Waals surface area contributed by atoms with Gasteiger partial charge in [-0.1, -0.05) is 18.2 Å². The van der Waals surface area contributed by atoms with E-state index < -0.39 is 12.1 Å². The van der Waals surface area contributed by atoms with Gasteiger partial charge in [-0.3, -0.25) is 4.79 Å². The molecule has 1 aliphatic heterocycles. The number of hydrogen-bond donors (Lipinski definition) is 2. The van der Waals surface area contributed by atoms with Gasteiger partial charge in [0.05, 0.1) is 19.8 Å². The molecule has 8 nitrogen and oxygen atoms in total. The molecule has 3 aromatic rings. The van der Waals surface area contributed by atoms with E-state index in [2.05, 4.69) is 15.4 Å². The summed E-state index contributed by atoms with van der Waals surface area (Å²) in [6, 6.07) is 15.9. The first-order valence-electron chi connectivity index (χ1n) is 9.23. The number of amides is 1. The molecular weight excluding hydrogens is 388 g/mol. The summed E-state index contributed by atoms with van der Waals surface area (Å²) in [5, 5.41) is 6.24. The van der Waals surface area contributed by atoms with Crippen LogP contribution in [0.25, 0.3) is 0 Å². The molecule has 0 radical (unpaired) electrons. The summed E-state index contributed by atoms with van der Waals surface area (Å²) in [4.78, 5) is 23.8. The molecule has 0 saturated heterocycles. The number of ether oxygens (including phenoxy) is 3. The Kier molecular flexibility index (Phi) is 5.30. The van der Waals surface area contributed by atoms with Crippen LogP contribution in [0.5, 0.6) is 11.5 Å². The minimum absolute atomic E-state index is 0.109. The maximum Gasteiger partial charge on any atom is 0.373 e. The van der Waals surface area contributed by atoms with Crippen molar-refractivity contribution in [3.8, 4) is 11.5 Å². The van der Waals surface area contributed by atoms with Crippen LogP contribution < -0.4 is 20.1 Å². The molecule has 0 aliphatic carbocycles. The lowest BCUT2D eigenvalue weighted by Crippen LogP contribution is -2.38. The van der Waals surface area contributed by atoms with E-state index in [4.69, 9.17) is 13.9 Å². The number of hydrogen-bond acceptors (Lipinski definition) is 7. The van der Waals surface area contributed by atoms with Gasteiger partial charge in [-0.15, -0.1) is 0 Å². The third kappa shape index (κ3) is 3.80. The lowest BCUT2D eigenvalue weighted by Gasteiger charge is -2.28. The fourth-order valence-electron chi connectivity index (χ4n) is 3.17. The van der Waals surface area contributed by atoms with E-state index in [1.165, 1.54) is 20.3 Å². The molecular formula is C22H20N2O6. The Morgan fingerprint density at radius 3 is 2.67 bits per heavy atom. The van der Waals surface area contributed by atoms with Gasteiger partial charge in [0.1, 0.15) is 18.5 Å². The van der Waals surface area contributed by atoms with Gasteiger partial charge >= 0.3 is 5.97 Å². The van der Waals surface area contributed by atoms with Crippen LogP contribution in [0.3, 0.4) is 0 Å². The fourth-order valence-corrected chi connectivity index (χ4v) is 3.17. The number of fused-ring (bicyclic) bond motifs is 1. The van der Waals surface area contributed by atoms with E-state index in [-0.39, 0.29) is 18.3 Å². The van der Waals surface area contributed by atoms with E-state index >= 15 is 0 Å². The number of furan rings is 1. The summed E-state index contributed by atoms with van der Waals surface area (Å²) in [6.45, 7) is 0.110. The highest BCUT2D eigenvalue weighted by atomic mass is 16.5. The number of benzene rings is 2. The molecule has 4 rings (SSSR count). The van der Waals surface area contributed by atoms with Crippen molar-refractivity contribution < 1.29 is 28.2 Å². The van der Waals surface area contributed by atoms with Crippen molar-refractivity contribution in [1.82, 2.24) is 5.32 Å². The first-order valence-corrected chi connectivity index (χ1v) is 9.23. The van der Waals surface area contributed by atoms with E-state index in [0.29, 0.717) is 22.8 Å². The molecule has 30 heavy (non-hydrogen) atoms. The molecule has 2 N–H and O–H groups in total. The predicted octanol–water partition coefficient (Wildman–Crippen LogP) is 3.51. The van der Waals surface area contributed by atoms with E-state index in [1.54, 1.807) is 24.3 Å². The molecule has 0 bridgehead atoms. The molecule has 154 valence electrons. The van der Waals surface area contributed by atoms with Gasteiger partial charge in [0.2, 0.25) is 5.76 Å². The maximum absolute atomic E-state index is 12.4. The lowest BCUT2D eigenvalue weighted by atomic mass is 10.1. The Morgan fingerprint density at radius 2 is 1.87 bits per heavy atom. The second-order valence-corrected chi connectivity index (χ2v) is 6.55. The highest BCUT2D eigenvalue weighted by molar-refractivity contribution is 6.01. The van der Waals surface area contributed by atoms with Gasteiger partial charge in [0, 0.05) is 5.69 Å². The molecule has 1 aliphatic rings. The van der Waals surface area contributed by atoms with Crippen LogP contribution in [0.4, 0.5) is 5.69 Å². The SMILES string of the molecule is COC(=O)c1ccc(COc2ccc([C@@H]3NC(=O)c4ccccc4N3)cc2OC)o1. The van der Waals surface area contributed by atoms with E-state index in [9.17, 15) is 9.59 Å². The van der Waals surface area contributed by atoms with Gasteiger partial charge < -0.3 is 29.3 Å². The Labute approximate surface area is 172 Å². The van der Waals surface area contributed by atoms with Crippen LogP contribution in [0.15, 0.2) is 59.0 Å². The van der Waals surface area contributed by atoms with Gasteiger partial charge in [-0.25, -0.2) is 4.79 Å². The van der Waals surface area contributed by atoms with Crippen LogP contribution in [0.1, 0.15) is 38.4 Å². The molecule has 0 fully saturated rings. The number of nitrogens with one attached hydrogen (secondary N) is 2. The predicted molar refractivity (Wildman–Crippen MR) is 108 cm³/mol. The monoisotopic (exact) mass is 408 g/mol. The van der Waals surface area contributed by atoms with Crippen molar-refractivity contribution in [2.24, 2.45) is 0 Å². The van der Waals surface area contributed by atoms with Gasteiger partial charge in [-0.2, -0.15) is 0 Å². The smallest absolute Gasteiger partial charge is 0.373 e. The Morgan fingerprint density at radius 1 is 1.03 bits per heavy atom. The third-order valence-corrected chi connectivity index (χ3v) is 4.69. The highest BCUT2D eigenvalue weighted by Gasteiger charge is 2.25. The van der Waals surface area contributed by atoms with Crippen LogP contribution in [-0.4, -0.2) is 26.1 Å². The van der Waals surface area contributed by atoms with Crippen molar-refractivity contribution in [2.75, 3.05) is 19.5 Å². The molecule has 2 heterocycles. The number of carbonyl (C=O) groups excluding carboxylic acids is 2. The second-order valence-electron chi connectivity index (χ2n) is 6.55. The van der Waals surface area contributed by atoms with Crippen molar-refractivity contribution in [3.63, 3.8) is 0 Å². The van der Waals surface area contributed by atoms with Crippen molar-refractivity contribution in [3.05, 3.63) is 77.2 Å². The average molecular weight is 408 g/mol. The highest BCUT2D eigenvalue weighted by Crippen LogP contribution is 2.33. The van der Waals surface area contributed by atoms with Gasteiger partial charge in [0.25, 0.3) is 5.91 Å². The molecule has 1 atom stereocenters. The Balaban J connectivity index is 1.49. The molecule has 0 saturated carbocycles. The number of carbonyl (C=O) groups is 2. The molecule has 0 spiro atoms. The standard InChI is InChI=1S/C22H20N2O6/c1-27-19-11-13(20-23-16-6-4-3-5-15(16)21(25)24-20)7-9-17(19)29-12-14-8-10-18(30-14)22(26)28-2/h3-11,20,23H,12H2,1-2H3,(H,24,25)/t20-/m0/s1. The molecule has 1 amide bonds. The van der Waals surface area contributed by atoms with Crippen LogP contribution >= 0.6 is 0 Å². The van der Waals surface area contributed by atoms with Crippen molar-refractivity contribution >= 4 is 17.6 Å². The largest absolute Gasteiger partial charge is 0.493 e. The lowest BCUT2D eigenvalue weighted by molar-refractivity contribution is 0.0560. The van der Waals surface area contributed by atoms with Gasteiger partial charge in [-0.05, 0) is 42.0 Å². The summed E-state index contributed by atoms with van der Waals surface area (Å²) in [7, 11) is 2.83. The zero-order chi connectivity index (χ0) is 21.1. The van der Waals surface area contributed by atoms with Crippen LogP contribution in [0.2, 0.25) is 0 Å². The van der Waals surface area contributed by atoms with E-state index in [0.717, 1.165) is 11.3 Å². The summed E-state index contributed by atoms with van der Waals surface area (Å²) in [5.74, 6) is 0.888. The third-order valence-electron chi connectivity index (χ3n) is 4.69. The van der Waals surface area contributed by atoms with E-state index in [1.807, 2.05) is 24.3 Å². The average Bonchev–Trinajstić information content (AvgIpc) is 3.26. The summed E-state index contributed by atoms with van der Waals surface area (Å²) < 4.78 is 21.3. The summed E-state index contributed by atoms with van der Waals surface area (Å²) >= 11 is 0. The molecule has 8 heteroatoms. The minimum Gasteiger partial charge on any atom is -0.493 e. The zero-order valence-electron chi connectivity index (χ0n) is 16.4. The second kappa shape index (κ2) is 8.20. The number of methoxy groups -OCH3 is 2. The first-order chi connectivity index (χ1) is 14.6. The van der Waals surface area contributed by atoms with Crippen LogP contribution in [-0.2, 0) is 11.3 Å². The maximum atomic E-state index is 12.4.